The lowest BCUT2D eigenvalue weighted by molar-refractivity contribution is -0.143. The molecule has 1 aromatic carbocycles. The number of carboxylic acid groups (broad SMARTS) is 1. The minimum Gasteiger partial charge on any atom is -0.481 e. The summed E-state index contributed by atoms with van der Waals surface area (Å²) in [6, 6.07) is 10.2. The van der Waals surface area contributed by atoms with E-state index in [0.717, 1.165) is 19.3 Å². The summed E-state index contributed by atoms with van der Waals surface area (Å²) >= 11 is 0. The summed E-state index contributed by atoms with van der Waals surface area (Å²) in [5.41, 5.74) is 0.988. The van der Waals surface area contributed by atoms with Crippen molar-refractivity contribution in [3.8, 4) is 0 Å². The van der Waals surface area contributed by atoms with Crippen molar-refractivity contribution in [2.75, 3.05) is 19.6 Å². The van der Waals surface area contributed by atoms with E-state index in [9.17, 15) is 9.59 Å². The molecule has 0 radical (unpaired) electrons. The molecule has 1 saturated heterocycles. The highest BCUT2D eigenvalue weighted by molar-refractivity contribution is 5.79. The summed E-state index contributed by atoms with van der Waals surface area (Å²) in [5.74, 6) is -0.925. The number of hydrogen-bond acceptors (Lipinski definition) is 3. The molecule has 0 spiro atoms. The maximum Gasteiger partial charge on any atom is 0.306 e. The highest BCUT2D eigenvalue weighted by atomic mass is 16.4. The Morgan fingerprint density at radius 1 is 1.17 bits per heavy atom. The van der Waals surface area contributed by atoms with E-state index in [0.29, 0.717) is 32.5 Å². The molecule has 1 saturated carbocycles. The number of nitrogens with one attached hydrogen (secondary N) is 1. The molecule has 5 heteroatoms. The molecule has 2 N–H and O–H groups in total. The maximum absolute atomic E-state index is 12.4. The Morgan fingerprint density at radius 2 is 1.83 bits per heavy atom. The number of aliphatic carboxylic acids is 1. The standard InChI is InChI=1S/C18H24N2O3/c21-16(13-20-11-7-14(8-12-20)17(22)23)19-18(9-4-10-18)15-5-2-1-3-6-15/h1-3,5-6,14H,4,7-13H2,(H,19,21)(H,22,23). The van der Waals surface area contributed by atoms with Crippen molar-refractivity contribution in [2.24, 2.45) is 5.92 Å². The van der Waals surface area contributed by atoms with E-state index in [2.05, 4.69) is 22.3 Å². The van der Waals surface area contributed by atoms with Gasteiger partial charge in [0.05, 0.1) is 18.0 Å². The number of nitrogens with zero attached hydrogens (tertiary/aromatic N) is 1. The van der Waals surface area contributed by atoms with Crippen molar-refractivity contribution in [1.29, 1.82) is 0 Å². The average Bonchev–Trinajstić information content (AvgIpc) is 2.52. The first-order valence-electron chi connectivity index (χ1n) is 8.41. The third-order valence-corrected chi connectivity index (χ3v) is 5.22. The van der Waals surface area contributed by atoms with Gasteiger partial charge in [-0.15, -0.1) is 0 Å². The zero-order valence-corrected chi connectivity index (χ0v) is 13.3. The molecule has 0 aromatic heterocycles. The number of likely N-dealkylation sites (tertiary alicyclic amines) is 1. The fraction of sp³-hybridized carbons (Fsp3) is 0.556. The number of carboxylic acids is 1. The average molecular weight is 316 g/mol. The monoisotopic (exact) mass is 316 g/mol. The lowest BCUT2D eigenvalue weighted by atomic mass is 9.72. The molecule has 1 aromatic rings. The van der Waals surface area contributed by atoms with Crippen LogP contribution >= 0.6 is 0 Å². The van der Waals surface area contributed by atoms with Crippen LogP contribution in [-0.2, 0) is 15.1 Å². The van der Waals surface area contributed by atoms with Gasteiger partial charge in [-0.3, -0.25) is 14.5 Å². The quantitative estimate of drug-likeness (QED) is 0.871. The molecular formula is C18H24N2O3. The Kier molecular flexibility index (Phi) is 4.66. The number of benzene rings is 1. The van der Waals surface area contributed by atoms with Crippen molar-refractivity contribution in [3.63, 3.8) is 0 Å². The first kappa shape index (κ1) is 16.0. The van der Waals surface area contributed by atoms with Gasteiger partial charge in [-0.25, -0.2) is 0 Å². The minimum absolute atomic E-state index is 0.0438. The second-order valence-corrected chi connectivity index (χ2v) is 6.74. The molecule has 0 unspecified atom stereocenters. The fourth-order valence-electron chi connectivity index (χ4n) is 3.62. The number of carbonyl (C=O) groups is 2. The predicted molar refractivity (Wildman–Crippen MR) is 86.9 cm³/mol. The van der Waals surface area contributed by atoms with Crippen molar-refractivity contribution in [1.82, 2.24) is 10.2 Å². The van der Waals surface area contributed by atoms with Gasteiger partial charge in [-0.1, -0.05) is 30.3 Å². The number of amides is 1. The molecule has 1 aliphatic carbocycles. The molecule has 2 aliphatic rings. The van der Waals surface area contributed by atoms with Crippen LogP contribution in [0.25, 0.3) is 0 Å². The number of piperidine rings is 1. The van der Waals surface area contributed by atoms with Crippen LogP contribution in [0.15, 0.2) is 30.3 Å². The third-order valence-electron chi connectivity index (χ3n) is 5.22. The highest BCUT2D eigenvalue weighted by Gasteiger charge is 2.40. The van der Waals surface area contributed by atoms with Gasteiger partial charge in [-0.05, 0) is 50.8 Å². The van der Waals surface area contributed by atoms with Crippen molar-refractivity contribution < 1.29 is 14.7 Å². The SMILES string of the molecule is O=C(CN1CCC(C(=O)O)CC1)NC1(c2ccccc2)CCC1. The van der Waals surface area contributed by atoms with E-state index in [1.165, 1.54) is 5.56 Å². The van der Waals surface area contributed by atoms with E-state index in [4.69, 9.17) is 5.11 Å². The first-order valence-corrected chi connectivity index (χ1v) is 8.41. The van der Waals surface area contributed by atoms with Gasteiger partial charge in [-0.2, -0.15) is 0 Å². The molecular weight excluding hydrogens is 292 g/mol. The second-order valence-electron chi connectivity index (χ2n) is 6.74. The van der Waals surface area contributed by atoms with Gasteiger partial charge in [0, 0.05) is 0 Å². The van der Waals surface area contributed by atoms with E-state index in [1.807, 2.05) is 18.2 Å². The molecule has 124 valence electrons. The second kappa shape index (κ2) is 6.71. The van der Waals surface area contributed by atoms with Gasteiger partial charge in [0.1, 0.15) is 0 Å². The van der Waals surface area contributed by atoms with Crippen LogP contribution in [0, 0.1) is 5.92 Å². The van der Waals surface area contributed by atoms with E-state index in [-0.39, 0.29) is 17.4 Å². The summed E-state index contributed by atoms with van der Waals surface area (Å²) in [7, 11) is 0. The van der Waals surface area contributed by atoms with Gasteiger partial charge >= 0.3 is 5.97 Å². The Morgan fingerprint density at radius 3 is 2.35 bits per heavy atom. The van der Waals surface area contributed by atoms with Crippen LogP contribution in [0.1, 0.15) is 37.7 Å². The Hall–Kier alpha value is -1.88. The smallest absolute Gasteiger partial charge is 0.306 e. The van der Waals surface area contributed by atoms with Crippen LogP contribution in [0.5, 0.6) is 0 Å². The topological polar surface area (TPSA) is 69.6 Å². The molecule has 23 heavy (non-hydrogen) atoms. The summed E-state index contributed by atoms with van der Waals surface area (Å²) < 4.78 is 0. The highest BCUT2D eigenvalue weighted by Crippen LogP contribution is 2.41. The van der Waals surface area contributed by atoms with Crippen molar-refractivity contribution in [2.45, 2.75) is 37.6 Å². The van der Waals surface area contributed by atoms with Gasteiger partial charge in [0.2, 0.25) is 5.91 Å². The largest absolute Gasteiger partial charge is 0.481 e. The number of hydrogen-bond donors (Lipinski definition) is 2. The molecule has 5 nitrogen and oxygen atoms in total. The van der Waals surface area contributed by atoms with Crippen LogP contribution in [0.2, 0.25) is 0 Å². The van der Waals surface area contributed by atoms with E-state index in [1.54, 1.807) is 0 Å². The molecule has 0 bridgehead atoms. The van der Waals surface area contributed by atoms with Crippen LogP contribution < -0.4 is 5.32 Å². The Bertz CT molecular complexity index is 561. The minimum atomic E-state index is -0.716. The Labute approximate surface area is 136 Å². The van der Waals surface area contributed by atoms with E-state index < -0.39 is 5.97 Å². The summed E-state index contributed by atoms with van der Waals surface area (Å²) in [6.45, 7) is 1.73. The lowest BCUT2D eigenvalue weighted by Crippen LogP contribution is -2.53. The van der Waals surface area contributed by atoms with Gasteiger partial charge in [0.15, 0.2) is 0 Å². The third kappa shape index (κ3) is 3.55. The molecule has 2 fully saturated rings. The van der Waals surface area contributed by atoms with Crippen molar-refractivity contribution >= 4 is 11.9 Å². The lowest BCUT2D eigenvalue weighted by Gasteiger charge is -2.43. The molecule has 0 atom stereocenters. The summed E-state index contributed by atoms with van der Waals surface area (Å²) in [4.78, 5) is 25.5. The van der Waals surface area contributed by atoms with Crippen LogP contribution in [0.3, 0.4) is 0 Å². The maximum atomic E-state index is 12.4. The van der Waals surface area contributed by atoms with Crippen LogP contribution in [-0.4, -0.2) is 41.5 Å². The summed E-state index contributed by atoms with van der Waals surface area (Å²) in [5, 5.41) is 12.3. The fourth-order valence-corrected chi connectivity index (χ4v) is 3.62. The Balaban J connectivity index is 1.54. The van der Waals surface area contributed by atoms with E-state index >= 15 is 0 Å². The summed E-state index contributed by atoms with van der Waals surface area (Å²) in [6.07, 6.45) is 4.38. The van der Waals surface area contributed by atoms with Crippen LogP contribution in [0.4, 0.5) is 0 Å². The first-order chi connectivity index (χ1) is 11.1. The van der Waals surface area contributed by atoms with Crippen molar-refractivity contribution in [3.05, 3.63) is 35.9 Å². The predicted octanol–water partition coefficient (Wildman–Crippen LogP) is 1.98. The van der Waals surface area contributed by atoms with Gasteiger partial charge in [0.25, 0.3) is 0 Å². The zero-order valence-electron chi connectivity index (χ0n) is 13.3. The molecule has 1 amide bonds. The van der Waals surface area contributed by atoms with Gasteiger partial charge < -0.3 is 10.4 Å². The zero-order chi connectivity index (χ0) is 16.3. The molecule has 1 heterocycles. The normalized spacial score (nSPS) is 21.4. The number of rotatable bonds is 5. The number of carbonyl (C=O) groups excluding carboxylic acids is 1. The molecule has 1 aliphatic heterocycles. The molecule has 3 rings (SSSR count).